The van der Waals surface area contributed by atoms with E-state index in [-0.39, 0.29) is 0 Å². The molecule has 0 aliphatic carbocycles. The van der Waals surface area contributed by atoms with Crippen LogP contribution in [-0.2, 0) is 19.6 Å². The molecule has 0 spiro atoms. The molecule has 0 saturated heterocycles. The highest BCUT2D eigenvalue weighted by Crippen LogP contribution is 2.17. The Balaban J connectivity index is 5.16. The Hall–Kier alpha value is -1.13. The summed E-state index contributed by atoms with van der Waals surface area (Å²) in [5.41, 5.74) is -1.33. The standard InChI is InChI=1S/C10H18N2O4S/c1-5-6-10(3,9(13)16-4)12-17(14,15)8(2)7-11/h8,12H,5-6H2,1-4H3. The van der Waals surface area contributed by atoms with Gasteiger partial charge in [0.25, 0.3) is 0 Å². The van der Waals surface area contributed by atoms with Crippen molar-refractivity contribution in [3.63, 3.8) is 0 Å². The molecular formula is C10H18N2O4S. The Bertz CT molecular complexity index is 413. The lowest BCUT2D eigenvalue weighted by Gasteiger charge is -2.27. The van der Waals surface area contributed by atoms with Crippen LogP contribution in [0.1, 0.15) is 33.6 Å². The molecule has 0 aromatic heterocycles. The zero-order valence-electron chi connectivity index (χ0n) is 10.5. The molecule has 7 heteroatoms. The molecule has 98 valence electrons. The number of carbonyl (C=O) groups is 1. The second-order valence-corrected chi connectivity index (χ2v) is 5.99. The van der Waals surface area contributed by atoms with Gasteiger partial charge >= 0.3 is 5.97 Å². The van der Waals surface area contributed by atoms with E-state index in [1.54, 1.807) is 6.07 Å². The first-order chi connectivity index (χ1) is 7.73. The number of hydrogen-bond donors (Lipinski definition) is 1. The van der Waals surface area contributed by atoms with Gasteiger partial charge in [0, 0.05) is 0 Å². The van der Waals surface area contributed by atoms with E-state index in [9.17, 15) is 13.2 Å². The lowest BCUT2D eigenvalue weighted by atomic mass is 9.98. The fourth-order valence-corrected chi connectivity index (χ4v) is 2.52. The van der Waals surface area contributed by atoms with Crippen LogP contribution in [0.4, 0.5) is 0 Å². The third-order valence-corrected chi connectivity index (χ3v) is 4.17. The maximum atomic E-state index is 11.7. The zero-order valence-corrected chi connectivity index (χ0v) is 11.3. The molecule has 0 aliphatic heterocycles. The smallest absolute Gasteiger partial charge is 0.326 e. The molecular weight excluding hydrogens is 244 g/mol. The van der Waals surface area contributed by atoms with Gasteiger partial charge < -0.3 is 4.74 Å². The molecule has 0 aliphatic rings. The Kier molecular flexibility index (Phi) is 5.58. The predicted octanol–water partition coefficient (Wildman–Crippen LogP) is 0.550. The summed E-state index contributed by atoms with van der Waals surface area (Å²) in [4.78, 5) is 11.6. The second-order valence-electron chi connectivity index (χ2n) is 3.99. The van der Waals surface area contributed by atoms with Crippen molar-refractivity contribution in [1.82, 2.24) is 4.72 Å². The number of sulfonamides is 1. The van der Waals surface area contributed by atoms with E-state index in [0.29, 0.717) is 12.8 Å². The van der Waals surface area contributed by atoms with Gasteiger partial charge in [-0.25, -0.2) is 8.42 Å². The van der Waals surface area contributed by atoms with Crippen molar-refractivity contribution in [1.29, 1.82) is 5.26 Å². The Labute approximate surface area is 102 Å². The van der Waals surface area contributed by atoms with Crippen LogP contribution in [0, 0.1) is 11.3 Å². The Morgan fingerprint density at radius 3 is 2.47 bits per heavy atom. The molecule has 6 nitrogen and oxygen atoms in total. The zero-order chi connectivity index (χ0) is 13.7. The number of ether oxygens (including phenoxy) is 1. The summed E-state index contributed by atoms with van der Waals surface area (Å²) >= 11 is 0. The molecule has 0 fully saturated rings. The van der Waals surface area contributed by atoms with Crippen molar-refractivity contribution in [2.45, 2.75) is 44.4 Å². The normalized spacial score (nSPS) is 16.6. The summed E-state index contributed by atoms with van der Waals surface area (Å²) in [6.07, 6.45) is 0.909. The molecule has 2 unspecified atom stereocenters. The van der Waals surface area contributed by atoms with Crippen LogP contribution in [0.2, 0.25) is 0 Å². The average Bonchev–Trinajstić information content (AvgIpc) is 2.26. The van der Waals surface area contributed by atoms with Gasteiger partial charge in [0.15, 0.2) is 5.25 Å². The quantitative estimate of drug-likeness (QED) is 0.705. The van der Waals surface area contributed by atoms with Gasteiger partial charge in [-0.3, -0.25) is 4.79 Å². The van der Waals surface area contributed by atoms with Crippen LogP contribution < -0.4 is 4.72 Å². The first-order valence-corrected chi connectivity index (χ1v) is 6.79. The molecule has 0 rings (SSSR count). The van der Waals surface area contributed by atoms with Gasteiger partial charge in [0.2, 0.25) is 10.0 Å². The Morgan fingerprint density at radius 2 is 2.12 bits per heavy atom. The largest absolute Gasteiger partial charge is 0.468 e. The number of nitrogens with one attached hydrogen (secondary N) is 1. The maximum Gasteiger partial charge on any atom is 0.326 e. The van der Waals surface area contributed by atoms with Crippen molar-refractivity contribution in [2.75, 3.05) is 7.11 Å². The first kappa shape index (κ1) is 15.9. The number of nitrogens with zero attached hydrogens (tertiary/aromatic N) is 1. The maximum absolute atomic E-state index is 11.7. The van der Waals surface area contributed by atoms with Crippen LogP contribution in [0.25, 0.3) is 0 Å². The number of nitriles is 1. The van der Waals surface area contributed by atoms with E-state index in [1.165, 1.54) is 21.0 Å². The average molecular weight is 262 g/mol. The van der Waals surface area contributed by atoms with Crippen LogP contribution in [0.3, 0.4) is 0 Å². The molecule has 1 N–H and O–H groups in total. The summed E-state index contributed by atoms with van der Waals surface area (Å²) < 4.78 is 30.3. The lowest BCUT2D eigenvalue weighted by molar-refractivity contribution is -0.147. The topological polar surface area (TPSA) is 96.3 Å². The molecule has 0 saturated carbocycles. The van der Waals surface area contributed by atoms with Crippen LogP contribution in [0.15, 0.2) is 0 Å². The molecule has 0 aromatic rings. The van der Waals surface area contributed by atoms with Crippen LogP contribution >= 0.6 is 0 Å². The molecule has 0 amide bonds. The molecule has 0 heterocycles. The summed E-state index contributed by atoms with van der Waals surface area (Å²) in [6, 6.07) is 1.62. The van der Waals surface area contributed by atoms with Gasteiger partial charge in [-0.15, -0.1) is 0 Å². The van der Waals surface area contributed by atoms with E-state index in [0.717, 1.165) is 0 Å². The van der Waals surface area contributed by atoms with Crippen molar-refractivity contribution >= 4 is 16.0 Å². The van der Waals surface area contributed by atoms with Crippen LogP contribution in [-0.4, -0.2) is 32.3 Å². The minimum atomic E-state index is -3.86. The molecule has 0 aromatic carbocycles. The van der Waals surface area contributed by atoms with E-state index in [4.69, 9.17) is 5.26 Å². The molecule has 0 radical (unpaired) electrons. The summed E-state index contributed by atoms with van der Waals surface area (Å²) in [6.45, 7) is 4.53. The van der Waals surface area contributed by atoms with Gasteiger partial charge in [-0.2, -0.15) is 9.98 Å². The molecule has 2 atom stereocenters. The van der Waals surface area contributed by atoms with Gasteiger partial charge in [0.1, 0.15) is 5.54 Å². The number of carbonyl (C=O) groups excluding carboxylic acids is 1. The first-order valence-electron chi connectivity index (χ1n) is 5.24. The molecule has 0 bridgehead atoms. The fourth-order valence-electron chi connectivity index (χ4n) is 1.39. The highest BCUT2D eigenvalue weighted by Gasteiger charge is 2.39. The highest BCUT2D eigenvalue weighted by molar-refractivity contribution is 7.90. The van der Waals surface area contributed by atoms with Gasteiger partial charge in [-0.05, 0) is 20.3 Å². The summed E-state index contributed by atoms with van der Waals surface area (Å²) in [5, 5.41) is 7.39. The van der Waals surface area contributed by atoms with E-state index in [1.807, 2.05) is 6.92 Å². The third-order valence-electron chi connectivity index (χ3n) is 2.40. The van der Waals surface area contributed by atoms with E-state index < -0.39 is 26.8 Å². The minimum Gasteiger partial charge on any atom is -0.468 e. The number of rotatable bonds is 6. The van der Waals surface area contributed by atoms with Crippen LogP contribution in [0.5, 0.6) is 0 Å². The number of hydrogen-bond acceptors (Lipinski definition) is 5. The summed E-state index contributed by atoms with van der Waals surface area (Å²) in [7, 11) is -2.66. The Morgan fingerprint density at radius 1 is 1.59 bits per heavy atom. The van der Waals surface area contributed by atoms with Gasteiger partial charge in [0.05, 0.1) is 13.2 Å². The molecule has 17 heavy (non-hydrogen) atoms. The van der Waals surface area contributed by atoms with Crippen molar-refractivity contribution in [2.24, 2.45) is 0 Å². The SMILES string of the molecule is CCCC(C)(NS(=O)(=O)C(C)C#N)C(=O)OC. The monoisotopic (exact) mass is 262 g/mol. The number of esters is 1. The highest BCUT2D eigenvalue weighted by atomic mass is 32.2. The van der Waals surface area contributed by atoms with Gasteiger partial charge in [-0.1, -0.05) is 13.3 Å². The minimum absolute atomic E-state index is 0.303. The van der Waals surface area contributed by atoms with Crippen molar-refractivity contribution in [3.8, 4) is 6.07 Å². The number of methoxy groups -OCH3 is 1. The predicted molar refractivity (Wildman–Crippen MR) is 62.5 cm³/mol. The lowest BCUT2D eigenvalue weighted by Crippen LogP contribution is -2.54. The summed E-state index contributed by atoms with van der Waals surface area (Å²) in [5.74, 6) is -0.659. The van der Waals surface area contributed by atoms with E-state index in [2.05, 4.69) is 9.46 Å². The van der Waals surface area contributed by atoms with Crippen molar-refractivity contribution in [3.05, 3.63) is 0 Å². The van der Waals surface area contributed by atoms with E-state index >= 15 is 0 Å². The fraction of sp³-hybridized carbons (Fsp3) is 0.800. The third kappa shape index (κ3) is 3.98. The van der Waals surface area contributed by atoms with Crippen molar-refractivity contribution < 1.29 is 17.9 Å². The second kappa shape index (κ2) is 5.98.